The van der Waals surface area contributed by atoms with Gasteiger partial charge in [-0.25, -0.2) is 4.90 Å². The summed E-state index contributed by atoms with van der Waals surface area (Å²) in [6, 6.07) is 0. The molecule has 0 fully saturated rings. The smallest absolute Gasteiger partial charge is 0.274 e. The number of amidine groups is 1. The summed E-state index contributed by atoms with van der Waals surface area (Å²) in [5.41, 5.74) is 9.95. The second kappa shape index (κ2) is 12.7. The van der Waals surface area contributed by atoms with E-state index in [1.807, 2.05) is 12.2 Å². The lowest BCUT2D eigenvalue weighted by Gasteiger charge is -2.32. The van der Waals surface area contributed by atoms with Crippen molar-refractivity contribution in [3.05, 3.63) is 24.8 Å². The summed E-state index contributed by atoms with van der Waals surface area (Å²) in [6.45, 7) is 7.43. The van der Waals surface area contributed by atoms with Gasteiger partial charge in [-0.05, 0) is 38.2 Å². The molecule has 0 saturated heterocycles. The zero-order chi connectivity index (χ0) is 21.0. The minimum Gasteiger partial charge on any atom is -0.370 e. The van der Waals surface area contributed by atoms with Gasteiger partial charge in [-0.1, -0.05) is 38.2 Å². The van der Waals surface area contributed by atoms with Gasteiger partial charge in [-0.15, -0.1) is 6.58 Å². The lowest BCUT2D eigenvalue weighted by molar-refractivity contribution is -0.539. The fourth-order valence-corrected chi connectivity index (χ4v) is 4.33. The maximum absolute atomic E-state index is 11.2. The van der Waals surface area contributed by atoms with Gasteiger partial charge in [0.2, 0.25) is 5.72 Å². The first-order valence-corrected chi connectivity index (χ1v) is 11.5. The van der Waals surface area contributed by atoms with Crippen molar-refractivity contribution < 1.29 is 9.68 Å². The van der Waals surface area contributed by atoms with Gasteiger partial charge in [-0.2, -0.15) is 0 Å². The van der Waals surface area contributed by atoms with Crippen molar-refractivity contribution in [2.45, 2.75) is 82.8 Å². The number of aliphatic imine (C=N–C) groups is 1. The topological polar surface area (TPSA) is 90.9 Å². The van der Waals surface area contributed by atoms with Gasteiger partial charge in [0.25, 0.3) is 5.84 Å². The molecule has 6 heteroatoms. The molecular formula is C23H42N5O+. The minimum atomic E-state index is -0.795. The highest BCUT2D eigenvalue weighted by atomic mass is 16.3. The van der Waals surface area contributed by atoms with Gasteiger partial charge in [0.05, 0.1) is 19.6 Å². The highest BCUT2D eigenvalue weighted by Gasteiger charge is 2.46. The molecule has 0 spiro atoms. The van der Waals surface area contributed by atoms with Crippen LogP contribution in [-0.4, -0.2) is 58.3 Å². The van der Waals surface area contributed by atoms with Crippen LogP contribution in [0.25, 0.3) is 0 Å². The molecule has 0 aliphatic carbocycles. The van der Waals surface area contributed by atoms with Crippen LogP contribution in [0.3, 0.4) is 0 Å². The van der Waals surface area contributed by atoms with Crippen LogP contribution >= 0.6 is 0 Å². The minimum absolute atomic E-state index is 0.167. The Balaban J connectivity index is 1.71. The Labute approximate surface area is 177 Å². The molecule has 0 amide bonds. The van der Waals surface area contributed by atoms with E-state index < -0.39 is 5.72 Å². The number of allylic oxidation sites excluding steroid dienone is 1. The molecule has 29 heavy (non-hydrogen) atoms. The lowest BCUT2D eigenvalue weighted by Crippen LogP contribution is -2.52. The van der Waals surface area contributed by atoms with Crippen LogP contribution in [0, 0.1) is 0 Å². The summed E-state index contributed by atoms with van der Waals surface area (Å²) in [5.74, 6) is 1.35. The molecule has 2 aliphatic heterocycles. The number of unbranched alkanes of at least 4 members (excludes halogenated alkanes) is 8. The van der Waals surface area contributed by atoms with Gasteiger partial charge < -0.3 is 16.6 Å². The number of aliphatic hydroxyl groups is 1. The molecule has 1 unspecified atom stereocenters. The van der Waals surface area contributed by atoms with Gasteiger partial charge >= 0.3 is 0 Å². The monoisotopic (exact) mass is 404 g/mol. The van der Waals surface area contributed by atoms with Crippen molar-refractivity contribution in [2.75, 3.05) is 26.2 Å². The van der Waals surface area contributed by atoms with E-state index in [0.29, 0.717) is 6.54 Å². The molecule has 0 saturated carbocycles. The third kappa shape index (κ3) is 7.84. The summed E-state index contributed by atoms with van der Waals surface area (Å²) in [7, 11) is 0. The first-order chi connectivity index (χ1) is 14.1. The molecule has 0 aromatic heterocycles. The van der Waals surface area contributed by atoms with Crippen molar-refractivity contribution >= 4 is 11.8 Å². The zero-order valence-electron chi connectivity index (χ0n) is 18.2. The van der Waals surface area contributed by atoms with E-state index in [9.17, 15) is 5.11 Å². The Bertz CT molecular complexity index is 594. The third-order valence-corrected chi connectivity index (χ3v) is 5.96. The number of hydrogen-bond acceptors (Lipinski definition) is 3. The number of guanidine groups is 1. The van der Waals surface area contributed by atoms with Gasteiger partial charge in [0, 0.05) is 25.5 Å². The third-order valence-electron chi connectivity index (χ3n) is 5.96. The maximum Gasteiger partial charge on any atom is 0.274 e. The van der Waals surface area contributed by atoms with Gasteiger partial charge in [0.15, 0.2) is 5.96 Å². The van der Waals surface area contributed by atoms with E-state index >= 15 is 0 Å². The van der Waals surface area contributed by atoms with Crippen LogP contribution in [0.4, 0.5) is 0 Å². The molecule has 2 rings (SSSR count). The number of rotatable bonds is 15. The van der Waals surface area contributed by atoms with Crippen molar-refractivity contribution in [1.29, 1.82) is 0 Å². The van der Waals surface area contributed by atoms with Crippen LogP contribution in [0.5, 0.6) is 0 Å². The number of hydrogen-bond donors (Lipinski definition) is 3. The van der Waals surface area contributed by atoms with Crippen LogP contribution in [0.1, 0.15) is 77.0 Å². The molecule has 6 nitrogen and oxygen atoms in total. The molecule has 0 bridgehead atoms. The molecule has 2 aliphatic rings. The van der Waals surface area contributed by atoms with E-state index in [0.717, 1.165) is 58.2 Å². The average Bonchev–Trinajstić information content (AvgIpc) is 3.04. The van der Waals surface area contributed by atoms with Crippen LogP contribution < -0.4 is 11.5 Å². The van der Waals surface area contributed by atoms with E-state index in [2.05, 4.69) is 27.1 Å². The van der Waals surface area contributed by atoms with Crippen molar-refractivity contribution in [2.24, 2.45) is 16.5 Å². The normalized spacial score (nSPS) is 20.8. The highest BCUT2D eigenvalue weighted by molar-refractivity contribution is 5.92. The highest BCUT2D eigenvalue weighted by Crippen LogP contribution is 2.30. The fraction of sp³-hybridized carbons (Fsp3) is 0.739. The second-order valence-electron chi connectivity index (χ2n) is 8.38. The molecule has 0 radical (unpaired) electrons. The Kier molecular flexibility index (Phi) is 10.3. The number of nitrogens with two attached hydrogens (primary N) is 2. The predicted octanol–water partition coefficient (Wildman–Crippen LogP) is 3.11. The summed E-state index contributed by atoms with van der Waals surface area (Å²) in [4.78, 5) is 6.26. The summed E-state index contributed by atoms with van der Waals surface area (Å²) in [6.07, 6.45) is 20.0. The first-order valence-electron chi connectivity index (χ1n) is 11.5. The van der Waals surface area contributed by atoms with Crippen LogP contribution in [-0.2, 0) is 0 Å². The Morgan fingerprint density at radius 3 is 2.59 bits per heavy atom. The van der Waals surface area contributed by atoms with Crippen LogP contribution in [0.2, 0.25) is 0 Å². The molecule has 164 valence electrons. The van der Waals surface area contributed by atoms with Gasteiger partial charge in [0.1, 0.15) is 0 Å². The van der Waals surface area contributed by atoms with E-state index in [4.69, 9.17) is 11.5 Å². The average molecular weight is 405 g/mol. The maximum atomic E-state index is 11.2. The van der Waals surface area contributed by atoms with Crippen molar-refractivity contribution in [3.63, 3.8) is 0 Å². The van der Waals surface area contributed by atoms with E-state index in [1.54, 1.807) is 0 Å². The Morgan fingerprint density at radius 1 is 1.14 bits per heavy atom. The molecule has 0 aromatic carbocycles. The first kappa shape index (κ1) is 23.5. The van der Waals surface area contributed by atoms with Crippen molar-refractivity contribution in [1.82, 2.24) is 4.90 Å². The predicted molar refractivity (Wildman–Crippen MR) is 122 cm³/mol. The fourth-order valence-electron chi connectivity index (χ4n) is 4.33. The zero-order valence-corrected chi connectivity index (χ0v) is 18.2. The summed E-state index contributed by atoms with van der Waals surface area (Å²) in [5, 5.41) is 11.2. The molecule has 1 atom stereocenters. The molecule has 0 aromatic rings. The molecule has 5 N–H and O–H groups in total. The summed E-state index contributed by atoms with van der Waals surface area (Å²) >= 11 is 0. The van der Waals surface area contributed by atoms with Crippen LogP contribution in [0.15, 0.2) is 29.8 Å². The molecule has 2 heterocycles. The molecular weight excluding hydrogens is 362 g/mol. The Hall–Kier alpha value is -1.82. The lowest BCUT2D eigenvalue weighted by atomic mass is 10.0. The number of fused-ring (bicyclic) bond motifs is 1. The van der Waals surface area contributed by atoms with E-state index in [-0.39, 0.29) is 5.96 Å². The summed E-state index contributed by atoms with van der Waals surface area (Å²) < 4.78 is 2.40. The van der Waals surface area contributed by atoms with Crippen molar-refractivity contribution in [3.8, 4) is 0 Å². The quantitative estimate of drug-likeness (QED) is 0.129. The SMILES string of the molecule is C=CCCCCCCCCCC1(O)C=CC2=[N+](CCCCN=C(N)N)CCCN21. The number of nitrogens with zero attached hydrogens (tertiary/aromatic N) is 3. The largest absolute Gasteiger partial charge is 0.370 e. The van der Waals surface area contributed by atoms with Gasteiger partial charge in [-0.3, -0.25) is 9.57 Å². The van der Waals surface area contributed by atoms with E-state index in [1.165, 1.54) is 44.4 Å². The Morgan fingerprint density at radius 2 is 1.86 bits per heavy atom. The second-order valence-corrected chi connectivity index (χ2v) is 8.38. The standard InChI is InChI=1S/C23H42N5O/c1-2-3-4-5-6-7-8-9-10-15-23(29)16-14-21-27(19-13-20-28(21)23)18-12-11-17-26-22(24)25/h2,14,16,29H,1,3-13,15,17-20H2,(H4,24,25,26)/q+1.